The smallest absolute Gasteiger partial charge is 0.394 e. The van der Waals surface area contributed by atoms with Crippen molar-refractivity contribution in [3.8, 4) is 5.75 Å². The molecule has 1 aromatic rings. The second-order valence-corrected chi connectivity index (χ2v) is 3.93. The van der Waals surface area contributed by atoms with Crippen molar-refractivity contribution in [1.29, 1.82) is 0 Å². The van der Waals surface area contributed by atoms with Crippen LogP contribution in [-0.2, 0) is 14.0 Å². The molecule has 12 heteroatoms. The SMILES string of the molecule is O=P(OF)(OF)Oc1c(F)c(F)c(F)c(F)c1F. The predicted octanol–water partition coefficient (Wildman–Crippen LogP) is 3.67. The van der Waals surface area contributed by atoms with Crippen LogP contribution in [0.15, 0.2) is 0 Å². The number of benzene rings is 1. The van der Waals surface area contributed by atoms with Crippen molar-refractivity contribution >= 4 is 7.82 Å². The summed E-state index contributed by atoms with van der Waals surface area (Å²) < 4.78 is 105. The van der Waals surface area contributed by atoms with Crippen molar-refractivity contribution in [3.05, 3.63) is 29.1 Å². The van der Waals surface area contributed by atoms with Crippen LogP contribution in [0.3, 0.4) is 0 Å². The molecule has 0 aliphatic rings. The Bertz CT molecular complexity index is 484. The quantitative estimate of drug-likeness (QED) is 0.368. The van der Waals surface area contributed by atoms with Crippen LogP contribution >= 0.6 is 7.82 Å². The molecule has 0 heterocycles. The van der Waals surface area contributed by atoms with Gasteiger partial charge in [-0.25, -0.2) is 17.7 Å². The van der Waals surface area contributed by atoms with E-state index in [-0.39, 0.29) is 0 Å². The van der Waals surface area contributed by atoms with Crippen LogP contribution in [0.2, 0.25) is 0 Å². The van der Waals surface area contributed by atoms with Crippen molar-refractivity contribution in [2.24, 2.45) is 0 Å². The Kier molecular flexibility index (Phi) is 4.20. The van der Waals surface area contributed by atoms with Gasteiger partial charge in [0.15, 0.2) is 0 Å². The third-order valence-corrected chi connectivity index (χ3v) is 2.29. The van der Waals surface area contributed by atoms with Gasteiger partial charge in [0.2, 0.25) is 34.8 Å². The van der Waals surface area contributed by atoms with Gasteiger partial charge in [0.05, 0.1) is 0 Å². The van der Waals surface area contributed by atoms with Crippen LogP contribution < -0.4 is 4.52 Å². The second kappa shape index (κ2) is 5.12. The van der Waals surface area contributed by atoms with Crippen molar-refractivity contribution < 1.29 is 49.5 Å². The molecule has 0 saturated heterocycles. The lowest BCUT2D eigenvalue weighted by Gasteiger charge is -2.11. The fourth-order valence-electron chi connectivity index (χ4n) is 0.816. The summed E-state index contributed by atoms with van der Waals surface area (Å²) >= 11 is 0. The van der Waals surface area contributed by atoms with Crippen LogP contribution in [0, 0.1) is 29.1 Å². The van der Waals surface area contributed by atoms with Crippen molar-refractivity contribution in [2.45, 2.75) is 0 Å². The van der Waals surface area contributed by atoms with Gasteiger partial charge in [-0.3, -0.25) is 0 Å². The maximum atomic E-state index is 12.9. The largest absolute Gasteiger partial charge is 0.593 e. The van der Waals surface area contributed by atoms with E-state index in [0.717, 1.165) is 0 Å². The Morgan fingerprint density at radius 2 is 1.06 bits per heavy atom. The first-order chi connectivity index (χ1) is 8.27. The van der Waals surface area contributed by atoms with Crippen LogP contribution in [0.5, 0.6) is 5.75 Å². The van der Waals surface area contributed by atoms with E-state index in [1.165, 1.54) is 0 Å². The molecular formula is C6F7O4P. The van der Waals surface area contributed by atoms with E-state index < -0.39 is 42.7 Å². The molecule has 0 saturated carbocycles. The standard InChI is InChI=1S/C6F7O4P/c7-1-2(8)4(10)6(5(11)3(1)9)15-18(14,16-12)17-13. The highest BCUT2D eigenvalue weighted by molar-refractivity contribution is 7.48. The molecule has 0 aliphatic heterocycles. The van der Waals surface area contributed by atoms with Gasteiger partial charge in [0, 0.05) is 0 Å². The van der Waals surface area contributed by atoms with Crippen LogP contribution in [0.4, 0.5) is 31.0 Å². The average molecular weight is 300 g/mol. The number of halogens is 7. The van der Waals surface area contributed by atoms with E-state index in [1.54, 1.807) is 0 Å². The molecule has 0 N–H and O–H groups in total. The predicted molar refractivity (Wildman–Crippen MR) is 38.9 cm³/mol. The van der Waals surface area contributed by atoms with E-state index in [9.17, 15) is 35.6 Å². The topological polar surface area (TPSA) is 44.8 Å². The zero-order valence-electron chi connectivity index (χ0n) is 7.73. The minimum atomic E-state index is -5.78. The summed E-state index contributed by atoms with van der Waals surface area (Å²) in [6.07, 6.45) is 0. The Balaban J connectivity index is 3.39. The monoisotopic (exact) mass is 300 g/mol. The highest BCUT2D eigenvalue weighted by Crippen LogP contribution is 2.51. The number of phosphoric acid groups is 1. The van der Waals surface area contributed by atoms with E-state index in [4.69, 9.17) is 0 Å². The molecule has 1 aromatic carbocycles. The van der Waals surface area contributed by atoms with E-state index >= 15 is 0 Å². The molecular weight excluding hydrogens is 300 g/mol. The maximum absolute atomic E-state index is 12.9. The average Bonchev–Trinajstić information content (AvgIpc) is 2.39. The zero-order chi connectivity index (χ0) is 14.1. The Labute approximate surface area is 93.3 Å². The molecule has 0 bridgehead atoms. The normalized spacial score (nSPS) is 11.7. The fraction of sp³-hybridized carbons (Fsp3) is 0. The summed E-state index contributed by atoms with van der Waals surface area (Å²) in [4.78, 5) is 0. The molecule has 0 unspecified atom stereocenters. The molecule has 0 atom stereocenters. The van der Waals surface area contributed by atoms with Gasteiger partial charge in [-0.15, -0.1) is 0 Å². The van der Waals surface area contributed by atoms with Crippen LogP contribution in [0.1, 0.15) is 0 Å². The summed E-state index contributed by atoms with van der Waals surface area (Å²) in [5, 5.41) is 0. The highest BCUT2D eigenvalue weighted by atomic mass is 31.2. The van der Waals surface area contributed by atoms with Crippen molar-refractivity contribution in [1.82, 2.24) is 0 Å². The summed E-state index contributed by atoms with van der Waals surface area (Å²) in [7, 11) is -5.78. The molecule has 0 fully saturated rings. The summed E-state index contributed by atoms with van der Waals surface area (Å²) in [6.45, 7) is 0. The lowest BCUT2D eigenvalue weighted by atomic mass is 10.3. The lowest BCUT2D eigenvalue weighted by molar-refractivity contribution is -0.108. The minimum absolute atomic E-state index is 2.22. The van der Waals surface area contributed by atoms with Gasteiger partial charge in [0.1, 0.15) is 0 Å². The molecule has 0 spiro atoms. The molecule has 102 valence electrons. The van der Waals surface area contributed by atoms with Gasteiger partial charge < -0.3 is 4.52 Å². The van der Waals surface area contributed by atoms with E-state index in [1.807, 2.05) is 0 Å². The van der Waals surface area contributed by atoms with E-state index in [2.05, 4.69) is 14.0 Å². The van der Waals surface area contributed by atoms with Gasteiger partial charge in [-0.1, -0.05) is 9.46 Å². The van der Waals surface area contributed by atoms with Gasteiger partial charge in [-0.2, -0.15) is 8.78 Å². The molecule has 1 rings (SSSR count). The maximum Gasteiger partial charge on any atom is 0.593 e. The van der Waals surface area contributed by atoms with Crippen LogP contribution in [0.25, 0.3) is 0 Å². The van der Waals surface area contributed by atoms with Crippen molar-refractivity contribution in [3.63, 3.8) is 0 Å². The Morgan fingerprint density at radius 1 is 0.722 bits per heavy atom. The highest BCUT2D eigenvalue weighted by Gasteiger charge is 2.37. The van der Waals surface area contributed by atoms with Gasteiger partial charge in [-0.05, 0) is 9.05 Å². The molecule has 4 nitrogen and oxygen atoms in total. The summed E-state index contributed by atoms with van der Waals surface area (Å²) in [6, 6.07) is 0. The third kappa shape index (κ3) is 2.42. The number of hydrogen-bond acceptors (Lipinski definition) is 4. The number of rotatable bonds is 4. The third-order valence-electron chi connectivity index (χ3n) is 1.54. The first-order valence-corrected chi connectivity index (χ1v) is 5.15. The molecule has 0 radical (unpaired) electrons. The molecule has 0 aromatic heterocycles. The molecule has 0 aliphatic carbocycles. The Hall–Kier alpha value is -1.32. The summed E-state index contributed by atoms with van der Waals surface area (Å²) in [5.74, 6) is -14.9. The molecule has 18 heavy (non-hydrogen) atoms. The lowest BCUT2D eigenvalue weighted by Crippen LogP contribution is -2.06. The zero-order valence-corrected chi connectivity index (χ0v) is 8.62. The van der Waals surface area contributed by atoms with E-state index in [0.29, 0.717) is 0 Å². The van der Waals surface area contributed by atoms with Crippen molar-refractivity contribution in [2.75, 3.05) is 0 Å². The van der Waals surface area contributed by atoms with Gasteiger partial charge >= 0.3 is 7.82 Å². The first kappa shape index (κ1) is 14.7. The number of hydrogen-bond donors (Lipinski definition) is 0. The molecule has 0 amide bonds. The van der Waals surface area contributed by atoms with Gasteiger partial charge in [0.25, 0.3) is 0 Å². The first-order valence-electron chi connectivity index (χ1n) is 3.69. The Morgan fingerprint density at radius 3 is 1.39 bits per heavy atom. The summed E-state index contributed by atoms with van der Waals surface area (Å²) in [5.41, 5.74) is 0. The van der Waals surface area contributed by atoms with Crippen LogP contribution in [-0.4, -0.2) is 0 Å². The minimum Gasteiger partial charge on any atom is -0.394 e. The second-order valence-electron chi connectivity index (χ2n) is 2.58. The fourth-order valence-corrected chi connectivity index (χ4v) is 1.28.